The Labute approximate surface area is 160 Å². The van der Waals surface area contributed by atoms with Crippen molar-refractivity contribution in [1.29, 1.82) is 0 Å². The van der Waals surface area contributed by atoms with Crippen LogP contribution in [0.25, 0.3) is 0 Å². The molecule has 8 heteroatoms. The number of para-hydroxylation sites is 1. The smallest absolute Gasteiger partial charge is 0.244 e. The van der Waals surface area contributed by atoms with E-state index in [4.69, 9.17) is 4.74 Å². The molecule has 1 N–H and O–H groups in total. The van der Waals surface area contributed by atoms with Crippen LogP contribution in [0.4, 0.5) is 0 Å². The van der Waals surface area contributed by atoms with E-state index in [-0.39, 0.29) is 16.9 Å². The molecule has 0 spiro atoms. The number of hydrogen-bond acceptors (Lipinski definition) is 5. The van der Waals surface area contributed by atoms with Crippen molar-refractivity contribution >= 4 is 10.0 Å². The Morgan fingerprint density at radius 3 is 2.85 bits per heavy atom. The fraction of sp³-hybridized carbons (Fsp3) is 0.579. The third-order valence-corrected chi connectivity index (χ3v) is 6.54. The fourth-order valence-corrected chi connectivity index (χ4v) is 5.17. The van der Waals surface area contributed by atoms with Crippen LogP contribution in [0.2, 0.25) is 0 Å². The second-order valence-electron chi connectivity index (χ2n) is 8.31. The minimum absolute atomic E-state index is 0.200. The lowest BCUT2D eigenvalue weighted by Crippen LogP contribution is -2.33. The van der Waals surface area contributed by atoms with Gasteiger partial charge in [-0.25, -0.2) is 22.8 Å². The van der Waals surface area contributed by atoms with Crippen molar-refractivity contribution < 1.29 is 13.2 Å². The van der Waals surface area contributed by atoms with E-state index in [0.717, 1.165) is 24.4 Å². The van der Waals surface area contributed by atoms with Crippen molar-refractivity contribution in [2.75, 3.05) is 0 Å². The van der Waals surface area contributed by atoms with Crippen molar-refractivity contribution in [2.24, 2.45) is 0 Å². The molecule has 2 aliphatic heterocycles. The number of sulfonamides is 1. The van der Waals surface area contributed by atoms with E-state index in [2.05, 4.69) is 14.8 Å². The van der Waals surface area contributed by atoms with Gasteiger partial charge in [-0.15, -0.1) is 0 Å². The van der Waals surface area contributed by atoms with Gasteiger partial charge in [0.1, 0.15) is 22.1 Å². The monoisotopic (exact) mass is 390 g/mol. The molecule has 0 saturated heterocycles. The summed E-state index contributed by atoms with van der Waals surface area (Å²) in [6, 6.07) is 4.93. The van der Waals surface area contributed by atoms with Gasteiger partial charge < -0.3 is 4.74 Å². The molecule has 4 rings (SSSR count). The van der Waals surface area contributed by atoms with E-state index >= 15 is 0 Å². The molecular formula is C19H26N4O3S. The molecule has 2 aromatic rings. The molecule has 2 aliphatic rings. The van der Waals surface area contributed by atoms with Crippen molar-refractivity contribution in [3.8, 4) is 5.75 Å². The normalized spacial score (nSPS) is 21.0. The average Bonchev–Trinajstić information content (AvgIpc) is 3.13. The molecule has 0 fully saturated rings. The summed E-state index contributed by atoms with van der Waals surface area (Å²) >= 11 is 0. The molecule has 3 heterocycles. The third kappa shape index (κ3) is 3.36. The second kappa shape index (κ2) is 6.31. The predicted octanol–water partition coefficient (Wildman–Crippen LogP) is 2.93. The van der Waals surface area contributed by atoms with Gasteiger partial charge in [0.05, 0.1) is 6.04 Å². The van der Waals surface area contributed by atoms with Crippen LogP contribution in [-0.4, -0.2) is 28.8 Å². The van der Waals surface area contributed by atoms with Crippen LogP contribution in [-0.2, 0) is 23.0 Å². The SMILES string of the molecule is CC(C)c1nc2n(n1)CCCC2NS(=O)(=O)c1cccc2c1OC(C)(C)C2. The van der Waals surface area contributed by atoms with Crippen LogP contribution in [0, 0.1) is 0 Å². The van der Waals surface area contributed by atoms with Gasteiger partial charge in [-0.1, -0.05) is 26.0 Å². The Morgan fingerprint density at radius 2 is 2.11 bits per heavy atom. The summed E-state index contributed by atoms with van der Waals surface area (Å²) in [5.74, 6) is 2.12. The van der Waals surface area contributed by atoms with Crippen LogP contribution >= 0.6 is 0 Å². The first-order chi connectivity index (χ1) is 12.7. The van der Waals surface area contributed by atoms with Crippen molar-refractivity contribution in [3.63, 3.8) is 0 Å². The van der Waals surface area contributed by atoms with Crippen LogP contribution in [0.1, 0.15) is 69.7 Å². The van der Waals surface area contributed by atoms with E-state index in [1.807, 2.05) is 38.4 Å². The zero-order valence-corrected chi connectivity index (χ0v) is 17.0. The highest BCUT2D eigenvalue weighted by atomic mass is 32.2. The van der Waals surface area contributed by atoms with Gasteiger partial charge in [0, 0.05) is 18.9 Å². The summed E-state index contributed by atoms with van der Waals surface area (Å²) in [6.45, 7) is 8.77. The highest BCUT2D eigenvalue weighted by Gasteiger charge is 2.36. The Morgan fingerprint density at radius 1 is 1.33 bits per heavy atom. The number of fused-ring (bicyclic) bond motifs is 2. The number of ether oxygens (including phenoxy) is 1. The minimum atomic E-state index is -3.75. The molecule has 7 nitrogen and oxygen atoms in total. The molecule has 0 aliphatic carbocycles. The lowest BCUT2D eigenvalue weighted by atomic mass is 10.0. The van der Waals surface area contributed by atoms with E-state index in [9.17, 15) is 8.42 Å². The lowest BCUT2D eigenvalue weighted by molar-refractivity contribution is 0.135. The standard InChI is InChI=1S/C19H26N4O3S/c1-12(2)17-20-18-14(8-6-10-23(18)21-17)22-27(24,25)15-9-5-7-13-11-19(3,4)26-16(13)15/h5,7,9,12,14,22H,6,8,10-11H2,1-4H3. The van der Waals surface area contributed by atoms with Gasteiger partial charge in [-0.2, -0.15) is 5.10 Å². The number of benzene rings is 1. The van der Waals surface area contributed by atoms with E-state index < -0.39 is 15.6 Å². The Hall–Kier alpha value is -1.93. The zero-order chi connectivity index (χ0) is 19.4. The summed E-state index contributed by atoms with van der Waals surface area (Å²) < 4.78 is 37.0. The maximum absolute atomic E-state index is 13.2. The summed E-state index contributed by atoms with van der Waals surface area (Å²) in [6.07, 6.45) is 2.26. The largest absolute Gasteiger partial charge is 0.486 e. The van der Waals surface area contributed by atoms with Gasteiger partial charge in [0.25, 0.3) is 0 Å². The molecule has 1 unspecified atom stereocenters. The topological polar surface area (TPSA) is 86.1 Å². The third-order valence-electron chi connectivity index (χ3n) is 5.05. The molecule has 0 bridgehead atoms. The van der Waals surface area contributed by atoms with E-state index in [1.54, 1.807) is 12.1 Å². The van der Waals surface area contributed by atoms with E-state index in [0.29, 0.717) is 24.4 Å². The summed E-state index contributed by atoms with van der Waals surface area (Å²) in [5, 5.41) is 4.53. The minimum Gasteiger partial charge on any atom is -0.486 e. The molecule has 27 heavy (non-hydrogen) atoms. The van der Waals surface area contributed by atoms with Crippen molar-refractivity contribution in [3.05, 3.63) is 35.4 Å². The summed E-state index contributed by atoms with van der Waals surface area (Å²) in [4.78, 5) is 4.80. The number of aromatic nitrogens is 3. The first kappa shape index (κ1) is 18.4. The second-order valence-corrected chi connectivity index (χ2v) is 9.99. The summed E-state index contributed by atoms with van der Waals surface area (Å²) in [7, 11) is -3.75. The molecule has 1 aromatic carbocycles. The number of nitrogens with zero attached hydrogens (tertiary/aromatic N) is 3. The molecule has 0 amide bonds. The van der Waals surface area contributed by atoms with Crippen LogP contribution in [0.3, 0.4) is 0 Å². The predicted molar refractivity (Wildman–Crippen MR) is 101 cm³/mol. The van der Waals surface area contributed by atoms with Crippen molar-refractivity contribution in [1.82, 2.24) is 19.5 Å². The number of rotatable bonds is 4. The molecule has 1 aromatic heterocycles. The van der Waals surface area contributed by atoms with Gasteiger partial charge >= 0.3 is 0 Å². The van der Waals surface area contributed by atoms with Crippen LogP contribution < -0.4 is 9.46 Å². The van der Waals surface area contributed by atoms with Gasteiger partial charge in [0.15, 0.2) is 5.82 Å². The van der Waals surface area contributed by atoms with Crippen molar-refractivity contribution in [2.45, 2.75) is 76.0 Å². The number of hydrogen-bond donors (Lipinski definition) is 1. The zero-order valence-electron chi connectivity index (χ0n) is 16.2. The van der Waals surface area contributed by atoms with E-state index in [1.165, 1.54) is 0 Å². The first-order valence-corrected chi connectivity index (χ1v) is 10.9. The number of aryl methyl sites for hydroxylation is 1. The number of nitrogens with one attached hydrogen (secondary N) is 1. The highest BCUT2D eigenvalue weighted by molar-refractivity contribution is 7.89. The first-order valence-electron chi connectivity index (χ1n) is 9.44. The van der Waals surface area contributed by atoms with Crippen LogP contribution in [0.15, 0.2) is 23.1 Å². The molecule has 146 valence electrons. The maximum atomic E-state index is 13.2. The maximum Gasteiger partial charge on any atom is 0.244 e. The quantitative estimate of drug-likeness (QED) is 0.867. The molecular weight excluding hydrogens is 364 g/mol. The summed E-state index contributed by atoms with van der Waals surface area (Å²) in [5.41, 5.74) is 0.530. The highest BCUT2D eigenvalue weighted by Crippen LogP contribution is 2.40. The Bertz CT molecular complexity index is 979. The van der Waals surface area contributed by atoms with Gasteiger partial charge in [-0.3, -0.25) is 0 Å². The van der Waals surface area contributed by atoms with Crippen LogP contribution in [0.5, 0.6) is 5.75 Å². The van der Waals surface area contributed by atoms with Gasteiger partial charge in [-0.05, 0) is 38.3 Å². The van der Waals surface area contributed by atoms with Gasteiger partial charge in [0.2, 0.25) is 10.0 Å². The lowest BCUT2D eigenvalue weighted by Gasteiger charge is -2.23. The average molecular weight is 391 g/mol. The Kier molecular flexibility index (Phi) is 4.31. The molecule has 0 saturated carbocycles. The molecule has 0 radical (unpaired) electrons. The fourth-order valence-electron chi connectivity index (χ4n) is 3.77. The Balaban J connectivity index is 1.66. The molecule has 1 atom stereocenters.